The number of carbonyl (C=O) groups excluding carboxylic acids is 3. The lowest BCUT2D eigenvalue weighted by Gasteiger charge is -2.14. The zero-order valence-corrected chi connectivity index (χ0v) is 25.9. The molecule has 2 heterocycles. The first-order valence-electron chi connectivity index (χ1n) is 14.0. The zero-order chi connectivity index (χ0) is 30.3. The van der Waals surface area contributed by atoms with E-state index in [1.54, 1.807) is 19.1 Å². The first-order chi connectivity index (χ1) is 20.8. The lowest BCUT2D eigenvalue weighted by Crippen LogP contribution is -2.29. The third-order valence-electron chi connectivity index (χ3n) is 6.85. The van der Waals surface area contributed by atoms with Gasteiger partial charge in [-0.2, -0.15) is 0 Å². The second-order valence-corrected chi connectivity index (χ2v) is 12.1. The van der Waals surface area contributed by atoms with Gasteiger partial charge in [-0.25, -0.2) is 4.79 Å². The van der Waals surface area contributed by atoms with Crippen LogP contribution < -0.4 is 15.4 Å². The molecule has 2 amide bonds. The number of ether oxygens (including phenoxy) is 2. The van der Waals surface area contributed by atoms with Crippen LogP contribution in [0.3, 0.4) is 0 Å². The molecule has 43 heavy (non-hydrogen) atoms. The standard InChI is InChI=1S/C31H33N5O5S2/c1-4-40-30(39)28-22-11-8-12-24(22)43-29(28)33-27(38)18-42-31-35-34-25(36(31)23-15-19(2)13-14-20(23)3)16-32-26(37)17-41-21-9-6-5-7-10-21/h5-7,9-10,13-15H,4,8,11-12,16-18H2,1-3H3,(H,32,37)(H,33,38). The fourth-order valence-corrected chi connectivity index (χ4v) is 6.87. The van der Waals surface area contributed by atoms with Crippen molar-refractivity contribution in [2.45, 2.75) is 51.7 Å². The molecular formula is C31H33N5O5S2. The summed E-state index contributed by atoms with van der Waals surface area (Å²) < 4.78 is 12.7. The van der Waals surface area contributed by atoms with E-state index < -0.39 is 5.97 Å². The molecule has 2 N–H and O–H groups in total. The number of aryl methyl sites for hydroxylation is 3. The van der Waals surface area contributed by atoms with Crippen LogP contribution in [0.15, 0.2) is 53.7 Å². The Morgan fingerprint density at radius 1 is 1.05 bits per heavy atom. The van der Waals surface area contributed by atoms with Crippen LogP contribution in [0.2, 0.25) is 0 Å². The maximum Gasteiger partial charge on any atom is 0.341 e. The summed E-state index contributed by atoms with van der Waals surface area (Å²) in [5, 5.41) is 15.5. The van der Waals surface area contributed by atoms with Crippen molar-refractivity contribution in [3.8, 4) is 11.4 Å². The Kier molecular flexibility index (Phi) is 9.78. The molecule has 0 spiro atoms. The van der Waals surface area contributed by atoms with Gasteiger partial charge in [0.05, 0.1) is 30.2 Å². The van der Waals surface area contributed by atoms with Crippen molar-refractivity contribution in [3.05, 3.63) is 81.5 Å². The lowest BCUT2D eigenvalue weighted by atomic mass is 10.1. The van der Waals surface area contributed by atoms with E-state index >= 15 is 0 Å². The highest BCUT2D eigenvalue weighted by Gasteiger charge is 2.28. The average Bonchev–Trinajstić information content (AvgIpc) is 3.70. The van der Waals surface area contributed by atoms with Crippen LogP contribution in [0.5, 0.6) is 5.75 Å². The Morgan fingerprint density at radius 2 is 1.86 bits per heavy atom. The van der Waals surface area contributed by atoms with Gasteiger partial charge in [-0.05, 0) is 74.9 Å². The first-order valence-corrected chi connectivity index (χ1v) is 15.8. The van der Waals surface area contributed by atoms with Crippen molar-refractivity contribution >= 4 is 45.9 Å². The number of thiophene rings is 1. The molecule has 2 aromatic carbocycles. The van der Waals surface area contributed by atoms with Crippen LogP contribution in [-0.2, 0) is 33.7 Å². The highest BCUT2D eigenvalue weighted by molar-refractivity contribution is 7.99. The van der Waals surface area contributed by atoms with Crippen molar-refractivity contribution in [2.24, 2.45) is 0 Å². The van der Waals surface area contributed by atoms with Crippen LogP contribution in [0.1, 0.15) is 51.1 Å². The van der Waals surface area contributed by atoms with E-state index in [1.165, 1.54) is 23.1 Å². The highest BCUT2D eigenvalue weighted by atomic mass is 32.2. The number of carbonyl (C=O) groups is 3. The topological polar surface area (TPSA) is 124 Å². The van der Waals surface area contributed by atoms with E-state index in [0.717, 1.165) is 46.5 Å². The van der Waals surface area contributed by atoms with Crippen LogP contribution in [-0.4, -0.2) is 51.5 Å². The maximum absolute atomic E-state index is 13.1. The molecule has 0 unspecified atom stereocenters. The summed E-state index contributed by atoms with van der Waals surface area (Å²) in [7, 11) is 0. The molecule has 2 aromatic heterocycles. The molecule has 224 valence electrons. The van der Waals surface area contributed by atoms with Crippen molar-refractivity contribution in [3.63, 3.8) is 0 Å². The Labute approximate surface area is 258 Å². The third kappa shape index (κ3) is 7.26. The van der Waals surface area contributed by atoms with Crippen molar-refractivity contribution in [1.29, 1.82) is 0 Å². The maximum atomic E-state index is 13.1. The number of aromatic nitrogens is 3. The smallest absolute Gasteiger partial charge is 0.341 e. The third-order valence-corrected chi connectivity index (χ3v) is 8.99. The number of anilines is 1. The molecule has 0 radical (unpaired) electrons. The van der Waals surface area contributed by atoms with Crippen LogP contribution >= 0.6 is 23.1 Å². The minimum atomic E-state index is -0.402. The highest BCUT2D eigenvalue weighted by Crippen LogP contribution is 2.39. The predicted molar refractivity (Wildman–Crippen MR) is 166 cm³/mol. The second-order valence-electron chi connectivity index (χ2n) is 10.0. The summed E-state index contributed by atoms with van der Waals surface area (Å²) in [5.74, 6) is 0.205. The van der Waals surface area contributed by atoms with E-state index in [9.17, 15) is 14.4 Å². The largest absolute Gasteiger partial charge is 0.484 e. The number of hydrogen-bond acceptors (Lipinski definition) is 9. The number of fused-ring (bicyclic) bond motifs is 1. The molecule has 0 atom stereocenters. The molecule has 10 nitrogen and oxygen atoms in total. The normalized spacial score (nSPS) is 12.1. The summed E-state index contributed by atoms with van der Waals surface area (Å²) in [6.45, 7) is 6.00. The van der Waals surface area contributed by atoms with E-state index in [-0.39, 0.29) is 37.3 Å². The summed E-state index contributed by atoms with van der Waals surface area (Å²) in [6, 6.07) is 15.2. The molecule has 4 aromatic rings. The molecule has 0 fully saturated rings. The van der Waals surface area contributed by atoms with Gasteiger partial charge < -0.3 is 20.1 Å². The minimum absolute atomic E-state index is 0.0467. The zero-order valence-electron chi connectivity index (χ0n) is 24.3. The molecule has 0 saturated heterocycles. The number of amides is 2. The van der Waals surface area contributed by atoms with Crippen molar-refractivity contribution in [1.82, 2.24) is 20.1 Å². The van der Waals surface area contributed by atoms with Gasteiger partial charge in [0, 0.05) is 4.88 Å². The number of hydrogen-bond donors (Lipinski definition) is 2. The fourth-order valence-electron chi connectivity index (χ4n) is 4.81. The van der Waals surface area contributed by atoms with E-state index in [1.807, 2.05) is 54.8 Å². The van der Waals surface area contributed by atoms with Crippen molar-refractivity contribution < 1.29 is 23.9 Å². The second kappa shape index (κ2) is 13.9. The SMILES string of the molecule is CCOC(=O)c1c(NC(=O)CSc2nnc(CNC(=O)COc3ccccc3)n2-c2cc(C)ccc2C)sc2c1CCC2. The van der Waals surface area contributed by atoms with Gasteiger partial charge in [0.15, 0.2) is 17.6 Å². The molecule has 0 aliphatic heterocycles. The quantitative estimate of drug-likeness (QED) is 0.167. The lowest BCUT2D eigenvalue weighted by molar-refractivity contribution is -0.123. The summed E-state index contributed by atoms with van der Waals surface area (Å²) in [6.07, 6.45) is 2.70. The summed E-state index contributed by atoms with van der Waals surface area (Å²) in [5.41, 5.74) is 4.36. The van der Waals surface area contributed by atoms with Gasteiger partial charge in [0.2, 0.25) is 5.91 Å². The van der Waals surface area contributed by atoms with Gasteiger partial charge in [-0.15, -0.1) is 21.5 Å². The number of rotatable bonds is 12. The Bertz CT molecular complexity index is 1630. The Morgan fingerprint density at radius 3 is 2.65 bits per heavy atom. The number of esters is 1. The van der Waals surface area contributed by atoms with E-state index in [4.69, 9.17) is 9.47 Å². The monoisotopic (exact) mass is 619 g/mol. The summed E-state index contributed by atoms with van der Waals surface area (Å²) in [4.78, 5) is 39.5. The molecule has 0 saturated carbocycles. The number of thioether (sulfide) groups is 1. The van der Waals surface area contributed by atoms with Gasteiger partial charge in [0.1, 0.15) is 10.8 Å². The molecule has 0 bridgehead atoms. The van der Waals surface area contributed by atoms with Gasteiger partial charge >= 0.3 is 5.97 Å². The molecular weight excluding hydrogens is 587 g/mol. The van der Waals surface area contributed by atoms with Crippen LogP contribution in [0.4, 0.5) is 5.00 Å². The van der Waals surface area contributed by atoms with E-state index in [2.05, 4.69) is 20.8 Å². The first kappa shape index (κ1) is 30.3. The number of para-hydroxylation sites is 1. The van der Waals surface area contributed by atoms with Gasteiger partial charge in [-0.1, -0.05) is 42.1 Å². The van der Waals surface area contributed by atoms with E-state index in [0.29, 0.717) is 27.3 Å². The van der Waals surface area contributed by atoms with Gasteiger partial charge in [0.25, 0.3) is 5.91 Å². The number of benzene rings is 2. The van der Waals surface area contributed by atoms with Crippen LogP contribution in [0.25, 0.3) is 5.69 Å². The minimum Gasteiger partial charge on any atom is -0.484 e. The fraction of sp³-hybridized carbons (Fsp3) is 0.323. The van der Waals surface area contributed by atoms with Crippen LogP contribution in [0, 0.1) is 13.8 Å². The average molecular weight is 620 g/mol. The molecule has 1 aliphatic rings. The Hall–Kier alpha value is -4.16. The predicted octanol–water partition coefficient (Wildman–Crippen LogP) is 5.04. The van der Waals surface area contributed by atoms with Gasteiger partial charge in [-0.3, -0.25) is 14.2 Å². The number of nitrogens with one attached hydrogen (secondary N) is 2. The molecule has 5 rings (SSSR count). The summed E-state index contributed by atoms with van der Waals surface area (Å²) >= 11 is 2.68. The molecule has 1 aliphatic carbocycles. The molecule has 12 heteroatoms. The van der Waals surface area contributed by atoms with Crippen molar-refractivity contribution in [2.75, 3.05) is 24.3 Å². The Balaban J connectivity index is 1.30. The number of nitrogens with zero attached hydrogens (tertiary/aromatic N) is 3.